The summed E-state index contributed by atoms with van der Waals surface area (Å²) in [5.74, 6) is -1.07. The summed E-state index contributed by atoms with van der Waals surface area (Å²) in [6, 6.07) is 18.4. The smallest absolute Gasteiger partial charge is 0.337 e. The van der Waals surface area contributed by atoms with Crippen LogP contribution in [0, 0.1) is 13.8 Å². The van der Waals surface area contributed by atoms with Crippen LogP contribution in [-0.2, 0) is 26.0 Å². The summed E-state index contributed by atoms with van der Waals surface area (Å²) in [6.07, 6.45) is 0.595. The SMILES string of the molecule is CCc1ccccc1N(CC(=O)Nc1cc(C(=O)OC)ccc1C)S(=O)(=O)c1ccc(C)cc1. The second kappa shape index (κ2) is 10.5. The number of benzene rings is 3. The molecule has 0 unspecified atom stereocenters. The van der Waals surface area contributed by atoms with Crippen molar-refractivity contribution < 1.29 is 22.7 Å². The first-order valence-corrected chi connectivity index (χ1v) is 12.3. The second-order valence-corrected chi connectivity index (χ2v) is 9.74. The third kappa shape index (κ3) is 5.46. The van der Waals surface area contributed by atoms with E-state index in [1.165, 1.54) is 25.3 Å². The largest absolute Gasteiger partial charge is 0.465 e. The van der Waals surface area contributed by atoms with E-state index in [1.54, 1.807) is 43.3 Å². The van der Waals surface area contributed by atoms with Crippen LogP contribution in [-0.4, -0.2) is 33.9 Å². The van der Waals surface area contributed by atoms with Gasteiger partial charge in [0.2, 0.25) is 5.91 Å². The summed E-state index contributed by atoms with van der Waals surface area (Å²) in [4.78, 5) is 25.1. The molecular weight excluding hydrogens is 452 g/mol. The number of aryl methyl sites for hydroxylation is 3. The van der Waals surface area contributed by atoms with Crippen LogP contribution in [0.1, 0.15) is 34.0 Å². The van der Waals surface area contributed by atoms with Crippen LogP contribution >= 0.6 is 0 Å². The van der Waals surface area contributed by atoms with E-state index in [4.69, 9.17) is 4.74 Å². The molecular formula is C26H28N2O5S. The topological polar surface area (TPSA) is 92.8 Å². The lowest BCUT2D eigenvalue weighted by Gasteiger charge is -2.26. The van der Waals surface area contributed by atoms with Gasteiger partial charge in [-0.15, -0.1) is 0 Å². The van der Waals surface area contributed by atoms with Crippen LogP contribution in [0.25, 0.3) is 0 Å². The standard InChI is InChI=1S/C26H28N2O5S/c1-5-20-8-6-7-9-24(20)28(34(31,32)22-14-10-18(2)11-15-22)17-25(29)27-23-16-21(26(30)33-4)13-12-19(23)3/h6-16H,5,17H2,1-4H3,(H,27,29). The van der Waals surface area contributed by atoms with Crippen molar-refractivity contribution in [1.29, 1.82) is 0 Å². The lowest BCUT2D eigenvalue weighted by molar-refractivity contribution is -0.114. The van der Waals surface area contributed by atoms with E-state index in [2.05, 4.69) is 5.32 Å². The highest BCUT2D eigenvalue weighted by Gasteiger charge is 2.28. The normalized spacial score (nSPS) is 11.1. The molecule has 0 saturated heterocycles. The summed E-state index contributed by atoms with van der Waals surface area (Å²) in [5.41, 5.74) is 3.59. The van der Waals surface area contributed by atoms with E-state index in [9.17, 15) is 18.0 Å². The van der Waals surface area contributed by atoms with Gasteiger partial charge in [-0.2, -0.15) is 0 Å². The molecule has 0 fully saturated rings. The van der Waals surface area contributed by atoms with Gasteiger partial charge in [-0.25, -0.2) is 13.2 Å². The van der Waals surface area contributed by atoms with Gasteiger partial charge in [0.15, 0.2) is 0 Å². The van der Waals surface area contributed by atoms with Crippen LogP contribution in [0.2, 0.25) is 0 Å². The fourth-order valence-corrected chi connectivity index (χ4v) is 4.97. The summed E-state index contributed by atoms with van der Waals surface area (Å²) >= 11 is 0. The van der Waals surface area contributed by atoms with Crippen molar-refractivity contribution in [2.45, 2.75) is 32.1 Å². The predicted octanol–water partition coefficient (Wildman–Crippen LogP) is 4.49. The molecule has 178 valence electrons. The lowest BCUT2D eigenvalue weighted by atomic mass is 10.1. The number of nitrogens with one attached hydrogen (secondary N) is 1. The maximum atomic E-state index is 13.6. The number of sulfonamides is 1. The number of amides is 1. The van der Waals surface area contributed by atoms with Gasteiger partial charge in [0.1, 0.15) is 6.54 Å². The van der Waals surface area contributed by atoms with E-state index in [-0.39, 0.29) is 10.5 Å². The molecule has 34 heavy (non-hydrogen) atoms. The third-order valence-corrected chi connectivity index (χ3v) is 7.24. The second-order valence-electron chi connectivity index (χ2n) is 7.88. The fraction of sp³-hybridized carbons (Fsp3) is 0.231. The minimum Gasteiger partial charge on any atom is -0.465 e. The number of carbonyl (C=O) groups is 2. The monoisotopic (exact) mass is 480 g/mol. The molecule has 0 aliphatic heterocycles. The minimum atomic E-state index is -4.03. The Bertz CT molecular complexity index is 1300. The fourth-order valence-electron chi connectivity index (χ4n) is 3.51. The Kier molecular flexibility index (Phi) is 7.73. The minimum absolute atomic E-state index is 0.0978. The number of hydrogen-bond acceptors (Lipinski definition) is 5. The third-order valence-electron chi connectivity index (χ3n) is 5.47. The molecule has 3 aromatic carbocycles. The first kappa shape index (κ1) is 25.0. The Morgan fingerprint density at radius 1 is 0.971 bits per heavy atom. The number of carbonyl (C=O) groups excluding carboxylic acids is 2. The number of para-hydroxylation sites is 1. The van der Waals surface area contributed by atoms with Crippen molar-refractivity contribution in [1.82, 2.24) is 0 Å². The molecule has 0 aliphatic carbocycles. The van der Waals surface area contributed by atoms with Crippen LogP contribution < -0.4 is 9.62 Å². The Balaban J connectivity index is 1.99. The first-order valence-electron chi connectivity index (χ1n) is 10.8. The maximum Gasteiger partial charge on any atom is 0.337 e. The van der Waals surface area contributed by atoms with Crippen LogP contribution in [0.4, 0.5) is 11.4 Å². The summed E-state index contributed by atoms with van der Waals surface area (Å²) in [7, 11) is -2.75. The predicted molar refractivity (Wildman–Crippen MR) is 133 cm³/mol. The van der Waals surface area contributed by atoms with Crippen LogP contribution in [0.3, 0.4) is 0 Å². The first-order chi connectivity index (χ1) is 16.2. The number of rotatable bonds is 8. The Morgan fingerprint density at radius 3 is 2.29 bits per heavy atom. The van der Waals surface area contributed by atoms with Gasteiger partial charge in [-0.3, -0.25) is 9.10 Å². The number of anilines is 2. The molecule has 1 N–H and O–H groups in total. The highest BCUT2D eigenvalue weighted by molar-refractivity contribution is 7.92. The summed E-state index contributed by atoms with van der Waals surface area (Å²) in [6.45, 7) is 5.15. The Morgan fingerprint density at radius 2 is 1.65 bits per heavy atom. The molecule has 3 rings (SSSR count). The molecule has 0 aliphatic rings. The quantitative estimate of drug-likeness (QED) is 0.480. The molecule has 8 heteroatoms. The molecule has 7 nitrogen and oxygen atoms in total. The van der Waals surface area contributed by atoms with Crippen LogP contribution in [0.15, 0.2) is 71.6 Å². The average molecular weight is 481 g/mol. The average Bonchev–Trinajstić information content (AvgIpc) is 2.83. The molecule has 1 amide bonds. The van der Waals surface area contributed by atoms with E-state index in [1.807, 2.05) is 26.0 Å². The molecule has 0 radical (unpaired) electrons. The number of ether oxygens (including phenoxy) is 1. The summed E-state index contributed by atoms with van der Waals surface area (Å²) in [5, 5.41) is 2.75. The van der Waals surface area contributed by atoms with Gasteiger partial charge < -0.3 is 10.1 Å². The molecule has 3 aromatic rings. The lowest BCUT2D eigenvalue weighted by Crippen LogP contribution is -2.38. The van der Waals surface area contributed by atoms with Crippen molar-refractivity contribution in [3.05, 3.63) is 89.0 Å². The van der Waals surface area contributed by atoms with Crippen molar-refractivity contribution in [3.63, 3.8) is 0 Å². The molecule has 0 bridgehead atoms. The molecule has 0 heterocycles. The van der Waals surface area contributed by atoms with Crippen molar-refractivity contribution in [2.75, 3.05) is 23.3 Å². The summed E-state index contributed by atoms with van der Waals surface area (Å²) < 4.78 is 33.1. The molecule has 0 aromatic heterocycles. The van der Waals surface area contributed by atoms with E-state index in [0.717, 1.165) is 21.0 Å². The highest BCUT2D eigenvalue weighted by Crippen LogP contribution is 2.28. The zero-order valence-corrected chi connectivity index (χ0v) is 20.5. The van der Waals surface area contributed by atoms with Gasteiger partial charge in [-0.1, -0.05) is 48.9 Å². The van der Waals surface area contributed by atoms with Gasteiger partial charge in [0, 0.05) is 5.69 Å². The maximum absolute atomic E-state index is 13.6. The Hall–Kier alpha value is -3.65. The zero-order valence-electron chi connectivity index (χ0n) is 19.7. The van der Waals surface area contributed by atoms with Gasteiger partial charge >= 0.3 is 5.97 Å². The van der Waals surface area contributed by atoms with E-state index >= 15 is 0 Å². The van der Waals surface area contributed by atoms with Crippen molar-refractivity contribution in [3.8, 4) is 0 Å². The number of methoxy groups -OCH3 is 1. The highest BCUT2D eigenvalue weighted by atomic mass is 32.2. The van der Waals surface area contributed by atoms with E-state index < -0.39 is 28.4 Å². The number of nitrogens with zero attached hydrogens (tertiary/aromatic N) is 1. The van der Waals surface area contributed by atoms with Gasteiger partial charge in [0.05, 0.1) is 23.3 Å². The number of esters is 1. The van der Waals surface area contributed by atoms with Gasteiger partial charge in [-0.05, 0) is 61.7 Å². The van der Waals surface area contributed by atoms with Crippen molar-refractivity contribution >= 4 is 33.3 Å². The molecule has 0 atom stereocenters. The molecule has 0 saturated carbocycles. The van der Waals surface area contributed by atoms with E-state index in [0.29, 0.717) is 17.8 Å². The molecule has 0 spiro atoms. The van der Waals surface area contributed by atoms with Crippen molar-refractivity contribution in [2.24, 2.45) is 0 Å². The Labute approximate surface area is 200 Å². The van der Waals surface area contributed by atoms with Crippen LogP contribution in [0.5, 0.6) is 0 Å². The zero-order chi connectivity index (χ0) is 24.9. The number of hydrogen-bond donors (Lipinski definition) is 1. The van der Waals surface area contributed by atoms with Gasteiger partial charge in [0.25, 0.3) is 10.0 Å².